The van der Waals surface area contributed by atoms with Crippen molar-refractivity contribution in [3.05, 3.63) is 29.3 Å². The molecule has 1 unspecified atom stereocenters. The molecule has 0 bridgehead atoms. The van der Waals surface area contributed by atoms with E-state index in [0.29, 0.717) is 17.7 Å². The number of fused-ring (bicyclic) bond motifs is 1. The smallest absolute Gasteiger partial charge is 0.315 e. The Balaban J connectivity index is 2.29. The number of carbonyl (C=O) groups excluding carboxylic acids is 3. The fourth-order valence-electron chi connectivity index (χ4n) is 2.58. The summed E-state index contributed by atoms with van der Waals surface area (Å²) in [6.45, 7) is 2.13. The Morgan fingerprint density at radius 3 is 2.79 bits per heavy atom. The molecule has 7 heteroatoms. The Kier molecular flexibility index (Phi) is 5.92. The van der Waals surface area contributed by atoms with Crippen LogP contribution in [-0.2, 0) is 20.7 Å². The van der Waals surface area contributed by atoms with Crippen LogP contribution < -0.4 is 10.1 Å². The van der Waals surface area contributed by atoms with Crippen molar-refractivity contribution in [2.75, 3.05) is 27.2 Å². The van der Waals surface area contributed by atoms with E-state index in [9.17, 15) is 14.4 Å². The molecule has 0 aliphatic carbocycles. The van der Waals surface area contributed by atoms with Gasteiger partial charge < -0.3 is 19.7 Å². The summed E-state index contributed by atoms with van der Waals surface area (Å²) < 4.78 is 10.5. The lowest BCUT2D eigenvalue weighted by Crippen LogP contribution is -2.44. The number of hydrogen-bond donors (Lipinski definition) is 1. The van der Waals surface area contributed by atoms with Crippen LogP contribution in [0.3, 0.4) is 0 Å². The molecule has 0 radical (unpaired) electrons. The molecular weight excluding hydrogens is 312 g/mol. The zero-order chi connectivity index (χ0) is 17.7. The molecule has 1 atom stereocenters. The molecular formula is C17H22N2O5. The van der Waals surface area contributed by atoms with E-state index in [-0.39, 0.29) is 49.0 Å². The third-order valence-electron chi connectivity index (χ3n) is 3.99. The largest absolute Gasteiger partial charge is 0.425 e. The minimum Gasteiger partial charge on any atom is -0.425 e. The van der Waals surface area contributed by atoms with Gasteiger partial charge in [-0.25, -0.2) is 0 Å². The standard InChI is InChI=1S/C17H22N2O5/c1-4-12(23-3)9-19(10-14(20)18-2)17(22)13-7-5-6-11-8-15(21)24-16(11)13/h5-7,12H,4,8-10H2,1-3H3,(H,18,20). The Hall–Kier alpha value is -2.41. The normalized spacial score (nSPS) is 13.9. The maximum atomic E-state index is 12.9. The fraction of sp³-hybridized carbons (Fsp3) is 0.471. The molecule has 0 saturated carbocycles. The molecule has 24 heavy (non-hydrogen) atoms. The van der Waals surface area contributed by atoms with Crippen LogP contribution in [0.15, 0.2) is 18.2 Å². The summed E-state index contributed by atoms with van der Waals surface area (Å²) in [6, 6.07) is 5.06. The SMILES string of the molecule is CCC(CN(CC(=O)NC)C(=O)c1cccc2c1OC(=O)C2)OC. The number of nitrogens with one attached hydrogen (secondary N) is 1. The predicted octanol–water partition coefficient (Wildman–Crippen LogP) is 0.761. The van der Waals surface area contributed by atoms with Gasteiger partial charge in [0.25, 0.3) is 5.91 Å². The Morgan fingerprint density at radius 2 is 2.17 bits per heavy atom. The predicted molar refractivity (Wildman–Crippen MR) is 86.8 cm³/mol. The first-order chi connectivity index (χ1) is 11.5. The van der Waals surface area contributed by atoms with Gasteiger partial charge in [0.2, 0.25) is 5.91 Å². The quantitative estimate of drug-likeness (QED) is 0.588. The maximum Gasteiger partial charge on any atom is 0.315 e. The highest BCUT2D eigenvalue weighted by Crippen LogP contribution is 2.31. The van der Waals surface area contributed by atoms with Gasteiger partial charge in [-0.05, 0) is 12.5 Å². The molecule has 2 rings (SSSR count). The monoisotopic (exact) mass is 334 g/mol. The average Bonchev–Trinajstić information content (AvgIpc) is 2.97. The first-order valence-electron chi connectivity index (χ1n) is 7.85. The molecule has 0 spiro atoms. The van der Waals surface area contributed by atoms with E-state index in [4.69, 9.17) is 9.47 Å². The lowest BCUT2D eigenvalue weighted by atomic mass is 10.1. The second-order valence-corrected chi connectivity index (χ2v) is 5.57. The molecule has 1 aromatic carbocycles. The number of methoxy groups -OCH3 is 1. The molecule has 2 amide bonds. The van der Waals surface area contributed by atoms with Crippen molar-refractivity contribution in [2.45, 2.75) is 25.9 Å². The minimum absolute atomic E-state index is 0.0905. The molecule has 1 aliphatic rings. The zero-order valence-electron chi connectivity index (χ0n) is 14.1. The Labute approximate surface area is 140 Å². The number of hydrogen-bond acceptors (Lipinski definition) is 5. The van der Waals surface area contributed by atoms with Crippen LogP contribution in [0.2, 0.25) is 0 Å². The van der Waals surface area contributed by atoms with Gasteiger partial charge in [-0.3, -0.25) is 14.4 Å². The fourth-order valence-corrected chi connectivity index (χ4v) is 2.58. The van der Waals surface area contributed by atoms with Gasteiger partial charge in [0.05, 0.1) is 24.6 Å². The minimum atomic E-state index is -0.383. The van der Waals surface area contributed by atoms with Gasteiger partial charge in [0, 0.05) is 26.3 Å². The van der Waals surface area contributed by atoms with Gasteiger partial charge in [0.1, 0.15) is 5.75 Å². The lowest BCUT2D eigenvalue weighted by Gasteiger charge is -2.26. The van der Waals surface area contributed by atoms with E-state index in [1.807, 2.05) is 6.92 Å². The second kappa shape index (κ2) is 7.92. The highest BCUT2D eigenvalue weighted by Gasteiger charge is 2.29. The van der Waals surface area contributed by atoms with Gasteiger partial charge in [-0.15, -0.1) is 0 Å². The number of carbonyl (C=O) groups is 3. The van der Waals surface area contributed by atoms with Crippen LogP contribution in [0.1, 0.15) is 29.3 Å². The molecule has 1 N–H and O–H groups in total. The lowest BCUT2D eigenvalue weighted by molar-refractivity contribution is -0.132. The van der Waals surface area contributed by atoms with E-state index in [2.05, 4.69) is 5.32 Å². The highest BCUT2D eigenvalue weighted by atomic mass is 16.5. The van der Waals surface area contributed by atoms with Crippen molar-refractivity contribution in [3.8, 4) is 5.75 Å². The molecule has 1 heterocycles. The Morgan fingerprint density at radius 1 is 1.42 bits per heavy atom. The van der Waals surface area contributed by atoms with Crippen molar-refractivity contribution in [1.29, 1.82) is 0 Å². The molecule has 130 valence electrons. The average molecular weight is 334 g/mol. The van der Waals surface area contributed by atoms with Crippen molar-refractivity contribution in [1.82, 2.24) is 10.2 Å². The summed E-state index contributed by atoms with van der Waals surface area (Å²) in [4.78, 5) is 37.6. The number of nitrogens with zero attached hydrogens (tertiary/aromatic N) is 1. The summed E-state index contributed by atoms with van der Waals surface area (Å²) in [5.74, 6) is -0.731. The van der Waals surface area contributed by atoms with E-state index in [1.54, 1.807) is 25.3 Å². The zero-order valence-corrected chi connectivity index (χ0v) is 14.1. The number of esters is 1. The van der Waals surface area contributed by atoms with Crippen LogP contribution in [0.5, 0.6) is 5.75 Å². The third-order valence-corrected chi connectivity index (χ3v) is 3.99. The number of rotatable bonds is 7. The van der Waals surface area contributed by atoms with E-state index < -0.39 is 0 Å². The van der Waals surface area contributed by atoms with Crippen molar-refractivity contribution < 1.29 is 23.9 Å². The Bertz CT molecular complexity index is 640. The van der Waals surface area contributed by atoms with Crippen LogP contribution in [-0.4, -0.2) is 56.0 Å². The number of amides is 2. The molecule has 0 fully saturated rings. The van der Waals surface area contributed by atoms with Crippen LogP contribution >= 0.6 is 0 Å². The topological polar surface area (TPSA) is 84.9 Å². The number of ether oxygens (including phenoxy) is 2. The van der Waals surface area contributed by atoms with Crippen molar-refractivity contribution in [2.24, 2.45) is 0 Å². The number of benzene rings is 1. The van der Waals surface area contributed by atoms with Gasteiger partial charge in [-0.1, -0.05) is 19.1 Å². The van der Waals surface area contributed by atoms with Crippen LogP contribution in [0.4, 0.5) is 0 Å². The van der Waals surface area contributed by atoms with Gasteiger partial charge in [-0.2, -0.15) is 0 Å². The summed E-state index contributed by atoms with van der Waals surface area (Å²) in [6.07, 6.45) is 0.676. The summed E-state index contributed by atoms with van der Waals surface area (Å²) in [5.41, 5.74) is 0.970. The molecule has 1 aromatic rings. The molecule has 0 saturated heterocycles. The number of likely N-dealkylation sites (N-methyl/N-ethyl adjacent to an activating group) is 1. The first-order valence-corrected chi connectivity index (χ1v) is 7.85. The summed E-state index contributed by atoms with van der Waals surface area (Å²) >= 11 is 0. The highest BCUT2D eigenvalue weighted by molar-refractivity contribution is 6.01. The van der Waals surface area contributed by atoms with Crippen LogP contribution in [0.25, 0.3) is 0 Å². The van der Waals surface area contributed by atoms with Crippen molar-refractivity contribution >= 4 is 17.8 Å². The maximum absolute atomic E-state index is 12.9. The van der Waals surface area contributed by atoms with Gasteiger partial charge >= 0.3 is 5.97 Å². The summed E-state index contributed by atoms with van der Waals surface area (Å²) in [7, 11) is 3.08. The first kappa shape index (κ1) is 17.9. The molecule has 0 aromatic heterocycles. The molecule has 7 nitrogen and oxygen atoms in total. The van der Waals surface area contributed by atoms with Crippen molar-refractivity contribution in [3.63, 3.8) is 0 Å². The second-order valence-electron chi connectivity index (χ2n) is 5.57. The third kappa shape index (κ3) is 3.91. The van der Waals surface area contributed by atoms with E-state index in [0.717, 1.165) is 0 Å². The van der Waals surface area contributed by atoms with Gasteiger partial charge in [0.15, 0.2) is 0 Å². The van der Waals surface area contributed by atoms with Crippen LogP contribution in [0, 0.1) is 0 Å². The van der Waals surface area contributed by atoms with E-state index in [1.165, 1.54) is 11.9 Å². The van der Waals surface area contributed by atoms with E-state index >= 15 is 0 Å². The molecule has 1 aliphatic heterocycles. The number of para-hydroxylation sites is 1. The summed E-state index contributed by atoms with van der Waals surface area (Å²) in [5, 5.41) is 2.51.